The van der Waals surface area contributed by atoms with Gasteiger partial charge in [-0.15, -0.1) is 0 Å². The Morgan fingerprint density at radius 3 is 1.14 bits per heavy atom. The van der Waals surface area contributed by atoms with E-state index in [1.807, 2.05) is 0 Å². The van der Waals surface area contributed by atoms with Crippen LogP contribution in [0.4, 0.5) is 0 Å². The number of hydrogen-bond donors (Lipinski definition) is 8. The van der Waals surface area contributed by atoms with Gasteiger partial charge in [-0.1, -0.05) is 289 Å². The Balaban J connectivity index is 2.19. The number of allylic oxidation sites excluding steroid dienone is 2. The second kappa shape index (κ2) is 52.5. The number of nitrogens with one attached hydrogen (secondary N) is 1. The molecule has 0 aliphatic carbocycles. The van der Waals surface area contributed by atoms with Gasteiger partial charge in [0.1, 0.15) is 36.6 Å². The van der Waals surface area contributed by atoms with Crippen molar-refractivity contribution in [1.29, 1.82) is 0 Å². The Hall–Kier alpha value is -1.15. The van der Waals surface area contributed by atoms with E-state index < -0.39 is 74.2 Å². The summed E-state index contributed by atoms with van der Waals surface area (Å²) in [6, 6.07) is -1.17. The van der Waals surface area contributed by atoms with Crippen LogP contribution in [0.2, 0.25) is 0 Å². The third-order valence-electron chi connectivity index (χ3n) is 15.8. The van der Waals surface area contributed by atoms with Crippen LogP contribution in [0, 0.1) is 0 Å². The molecule has 0 spiro atoms. The van der Waals surface area contributed by atoms with E-state index in [-0.39, 0.29) is 6.42 Å². The highest BCUT2D eigenvalue weighted by atomic mass is 16.7. The number of aliphatic hydroxyl groups excluding tert-OH is 7. The van der Waals surface area contributed by atoms with Crippen molar-refractivity contribution in [2.45, 2.75) is 371 Å². The molecule has 1 rings (SSSR count). The zero-order valence-corrected chi connectivity index (χ0v) is 48.4. The number of rotatable bonds is 56. The summed E-state index contributed by atoms with van der Waals surface area (Å²) in [6.45, 7) is 3.50. The largest absolute Gasteiger partial charge is 0.394 e. The Kier molecular flexibility index (Phi) is 50.3. The number of carbonyl (C=O) groups is 1. The first-order valence-electron chi connectivity index (χ1n) is 32.1. The molecule has 9 atom stereocenters. The number of amides is 1. The summed E-state index contributed by atoms with van der Waals surface area (Å²) >= 11 is 0. The van der Waals surface area contributed by atoms with Crippen molar-refractivity contribution < 1.29 is 50.0 Å². The van der Waals surface area contributed by atoms with Crippen LogP contribution in [0.15, 0.2) is 12.2 Å². The molecular weight excluding hydrogens is 931 g/mol. The molecule has 74 heavy (non-hydrogen) atoms. The number of aliphatic hydroxyl groups is 7. The van der Waals surface area contributed by atoms with Crippen LogP contribution < -0.4 is 5.32 Å². The smallest absolute Gasteiger partial charge is 0.249 e. The van der Waals surface area contributed by atoms with Gasteiger partial charge in [0.15, 0.2) is 6.29 Å². The first-order valence-corrected chi connectivity index (χ1v) is 32.1. The Morgan fingerprint density at radius 1 is 0.459 bits per heavy atom. The first kappa shape index (κ1) is 70.9. The lowest BCUT2D eigenvalue weighted by Crippen LogP contribution is -2.60. The van der Waals surface area contributed by atoms with Gasteiger partial charge in [0.2, 0.25) is 5.91 Å². The molecule has 1 fully saturated rings. The lowest BCUT2D eigenvalue weighted by atomic mass is 9.98. The van der Waals surface area contributed by atoms with Crippen LogP contribution in [0.3, 0.4) is 0 Å². The van der Waals surface area contributed by atoms with E-state index in [2.05, 4.69) is 31.3 Å². The molecule has 11 nitrogen and oxygen atoms in total. The third kappa shape index (κ3) is 40.1. The topological polar surface area (TPSA) is 189 Å². The molecule has 0 radical (unpaired) electrons. The average Bonchev–Trinajstić information content (AvgIpc) is 3.40. The molecule has 1 aliphatic rings. The van der Waals surface area contributed by atoms with E-state index in [1.165, 1.54) is 238 Å². The van der Waals surface area contributed by atoms with Crippen molar-refractivity contribution in [3.63, 3.8) is 0 Å². The maximum Gasteiger partial charge on any atom is 0.249 e. The lowest BCUT2D eigenvalue weighted by Gasteiger charge is -2.40. The number of hydrogen-bond acceptors (Lipinski definition) is 10. The van der Waals surface area contributed by atoms with Crippen molar-refractivity contribution in [3.8, 4) is 0 Å². The predicted octanol–water partition coefficient (Wildman–Crippen LogP) is 14.3. The van der Waals surface area contributed by atoms with E-state index >= 15 is 0 Å². The maximum absolute atomic E-state index is 13.2. The summed E-state index contributed by atoms with van der Waals surface area (Å²) in [6.07, 6.45) is 51.4. The van der Waals surface area contributed by atoms with Crippen molar-refractivity contribution in [1.82, 2.24) is 5.32 Å². The summed E-state index contributed by atoms with van der Waals surface area (Å²) in [4.78, 5) is 13.2. The predicted molar refractivity (Wildman–Crippen MR) is 307 cm³/mol. The number of ether oxygens (including phenoxy) is 2. The van der Waals surface area contributed by atoms with E-state index in [0.717, 1.165) is 38.5 Å². The molecule has 440 valence electrons. The maximum atomic E-state index is 13.2. The minimum atomic E-state index is -1.66. The van der Waals surface area contributed by atoms with E-state index in [1.54, 1.807) is 0 Å². The minimum absolute atomic E-state index is 0.264. The summed E-state index contributed by atoms with van der Waals surface area (Å²) < 4.78 is 11.2. The molecule has 1 saturated heterocycles. The second-order valence-electron chi connectivity index (χ2n) is 22.8. The summed E-state index contributed by atoms with van der Waals surface area (Å²) in [5.74, 6) is -0.691. The molecule has 9 unspecified atom stereocenters. The van der Waals surface area contributed by atoms with Gasteiger partial charge in [0, 0.05) is 0 Å². The minimum Gasteiger partial charge on any atom is -0.394 e. The summed E-state index contributed by atoms with van der Waals surface area (Å²) in [5.41, 5.74) is 0. The highest BCUT2D eigenvalue weighted by Crippen LogP contribution is 2.24. The number of unbranched alkanes of at least 4 members (excludes halogenated alkanes) is 42. The Bertz CT molecular complexity index is 1210. The highest BCUT2D eigenvalue weighted by Gasteiger charge is 2.44. The Labute approximate surface area is 455 Å². The van der Waals surface area contributed by atoms with E-state index in [4.69, 9.17) is 9.47 Å². The Morgan fingerprint density at radius 2 is 0.784 bits per heavy atom. The molecule has 0 aromatic carbocycles. The normalized spacial score (nSPS) is 19.8. The van der Waals surface area contributed by atoms with Gasteiger partial charge in [-0.05, 0) is 38.5 Å². The molecule has 1 amide bonds. The van der Waals surface area contributed by atoms with Crippen LogP contribution in [-0.4, -0.2) is 110 Å². The van der Waals surface area contributed by atoms with Crippen LogP contribution in [0.5, 0.6) is 0 Å². The monoisotopic (exact) mass is 1050 g/mol. The van der Waals surface area contributed by atoms with Crippen molar-refractivity contribution >= 4 is 5.91 Å². The van der Waals surface area contributed by atoms with Gasteiger partial charge < -0.3 is 50.5 Å². The van der Waals surface area contributed by atoms with Gasteiger partial charge >= 0.3 is 0 Å². The van der Waals surface area contributed by atoms with Gasteiger partial charge in [0.05, 0.1) is 25.4 Å². The fourth-order valence-corrected chi connectivity index (χ4v) is 10.6. The van der Waals surface area contributed by atoms with Crippen LogP contribution >= 0.6 is 0 Å². The molecule has 1 heterocycles. The molecule has 8 N–H and O–H groups in total. The van der Waals surface area contributed by atoms with Gasteiger partial charge in [-0.2, -0.15) is 0 Å². The first-order chi connectivity index (χ1) is 36.2. The molecule has 0 bridgehead atoms. The molecule has 11 heteroatoms. The van der Waals surface area contributed by atoms with E-state index in [0.29, 0.717) is 19.3 Å². The SMILES string of the molecule is CCCCCCCCCCCCCC/C=C\CCCCCCCCCCCCCCCCCC(O)C(=O)NC(COC1OC(CO)C(O)C(O)C1O)C(O)C(O)CCCCCCCCCCCCCCCCCC. The summed E-state index contributed by atoms with van der Waals surface area (Å²) in [7, 11) is 0. The number of carbonyl (C=O) groups excluding carboxylic acids is 1. The zero-order valence-electron chi connectivity index (χ0n) is 48.4. The van der Waals surface area contributed by atoms with Crippen molar-refractivity contribution in [2.75, 3.05) is 13.2 Å². The lowest BCUT2D eigenvalue weighted by molar-refractivity contribution is -0.303. The fourth-order valence-electron chi connectivity index (χ4n) is 10.6. The third-order valence-corrected chi connectivity index (χ3v) is 15.8. The van der Waals surface area contributed by atoms with Crippen LogP contribution in [0.1, 0.15) is 316 Å². The fraction of sp³-hybridized carbons (Fsp3) is 0.952. The van der Waals surface area contributed by atoms with Crippen molar-refractivity contribution in [2.24, 2.45) is 0 Å². The zero-order chi connectivity index (χ0) is 54.0. The van der Waals surface area contributed by atoms with Gasteiger partial charge in [-0.25, -0.2) is 0 Å². The molecule has 0 saturated carbocycles. The van der Waals surface area contributed by atoms with Gasteiger partial charge in [0.25, 0.3) is 0 Å². The molecule has 0 aromatic heterocycles. The highest BCUT2D eigenvalue weighted by molar-refractivity contribution is 5.80. The van der Waals surface area contributed by atoms with Crippen LogP contribution in [-0.2, 0) is 14.3 Å². The van der Waals surface area contributed by atoms with Gasteiger partial charge in [-0.3, -0.25) is 4.79 Å². The van der Waals surface area contributed by atoms with Crippen LogP contribution in [0.25, 0.3) is 0 Å². The second-order valence-corrected chi connectivity index (χ2v) is 22.8. The molecule has 1 aliphatic heterocycles. The quantitative estimate of drug-likeness (QED) is 0.0215. The van der Waals surface area contributed by atoms with E-state index in [9.17, 15) is 40.5 Å². The van der Waals surface area contributed by atoms with Crippen molar-refractivity contribution in [3.05, 3.63) is 12.2 Å². The average molecular weight is 1050 g/mol. The molecular formula is C63H123NO10. The molecule has 0 aromatic rings. The summed E-state index contributed by atoms with van der Waals surface area (Å²) in [5, 5.41) is 76.3. The standard InChI is InChI=1S/C63H123NO10/c1-3-5-7-9-11-13-15-17-19-21-22-23-24-25-26-27-28-29-30-31-32-33-34-35-37-39-41-43-45-47-49-51-56(67)62(72)64-54(53-73-63-61(71)60(70)59(69)57(52-65)74-63)58(68)55(66)50-48-46-44-42-40-38-36-20-18-16-14-12-10-8-6-4-2/h25-26,54-61,63,65-71H,3-24,27-53H2,1-2H3,(H,64,72)/b26-25-.